The van der Waals surface area contributed by atoms with Crippen LogP contribution >= 0.6 is 0 Å². The summed E-state index contributed by atoms with van der Waals surface area (Å²) in [6.45, 7) is 4.32. The summed E-state index contributed by atoms with van der Waals surface area (Å²) < 4.78 is 2.17. The van der Waals surface area contributed by atoms with E-state index in [4.69, 9.17) is 5.11 Å². The topological polar surface area (TPSA) is 75.3 Å². The third-order valence-electron chi connectivity index (χ3n) is 3.78. The van der Waals surface area contributed by atoms with Crippen LogP contribution in [0.4, 0.5) is 0 Å². The van der Waals surface area contributed by atoms with E-state index < -0.39 is 5.97 Å². The van der Waals surface area contributed by atoms with Gasteiger partial charge in [-0.2, -0.15) is 0 Å². The maximum absolute atomic E-state index is 11.1. The number of carboxylic acids is 1. The van der Waals surface area contributed by atoms with Crippen LogP contribution in [0.1, 0.15) is 55.3 Å². The van der Waals surface area contributed by atoms with E-state index in [9.17, 15) is 9.90 Å². The van der Waals surface area contributed by atoms with Crippen LogP contribution in [-0.2, 0) is 6.42 Å². The Morgan fingerprint density at radius 2 is 2.14 bits per heavy atom. The number of aliphatic hydroxyl groups excluding tert-OH is 1. The third-order valence-corrected chi connectivity index (χ3v) is 3.78. The largest absolute Gasteiger partial charge is 0.478 e. The van der Waals surface area contributed by atoms with Gasteiger partial charge in [0.1, 0.15) is 5.82 Å². The average Bonchev–Trinajstić information content (AvgIpc) is 2.82. The average molecular weight is 290 g/mol. The molecule has 0 spiro atoms. The second kappa shape index (κ2) is 6.72. The summed E-state index contributed by atoms with van der Waals surface area (Å²) in [7, 11) is 0. The number of carboxylic acid groups (broad SMARTS) is 1. The number of rotatable bonds is 7. The molecule has 0 saturated heterocycles. The van der Waals surface area contributed by atoms with E-state index in [2.05, 4.69) is 23.4 Å². The Labute approximate surface area is 124 Å². The molecule has 2 N–H and O–H groups in total. The molecule has 5 heteroatoms. The molecule has 0 fully saturated rings. The van der Waals surface area contributed by atoms with Crippen LogP contribution in [0.2, 0.25) is 0 Å². The van der Waals surface area contributed by atoms with Crippen molar-refractivity contribution in [2.45, 2.75) is 45.6 Å². The van der Waals surface area contributed by atoms with Crippen LogP contribution in [0.25, 0.3) is 11.0 Å². The van der Waals surface area contributed by atoms with Crippen molar-refractivity contribution >= 4 is 17.0 Å². The van der Waals surface area contributed by atoms with Gasteiger partial charge in [-0.15, -0.1) is 0 Å². The third kappa shape index (κ3) is 3.08. The van der Waals surface area contributed by atoms with Crippen molar-refractivity contribution in [3.05, 3.63) is 29.6 Å². The van der Waals surface area contributed by atoms with E-state index in [1.165, 1.54) is 0 Å². The summed E-state index contributed by atoms with van der Waals surface area (Å²) in [5, 5.41) is 18.4. The molecule has 0 aliphatic heterocycles. The molecule has 0 bridgehead atoms. The molecule has 1 aromatic heterocycles. The summed E-state index contributed by atoms with van der Waals surface area (Å²) in [5.74, 6) is 0.0289. The summed E-state index contributed by atoms with van der Waals surface area (Å²) in [6, 6.07) is 5.26. The van der Waals surface area contributed by atoms with Crippen molar-refractivity contribution in [3.63, 3.8) is 0 Å². The highest BCUT2D eigenvalue weighted by Gasteiger charge is 2.18. The van der Waals surface area contributed by atoms with E-state index in [-0.39, 0.29) is 18.2 Å². The van der Waals surface area contributed by atoms with Crippen molar-refractivity contribution in [1.29, 1.82) is 0 Å². The molecule has 1 heterocycles. The zero-order chi connectivity index (χ0) is 15.4. The molecule has 114 valence electrons. The fraction of sp³-hybridized carbons (Fsp3) is 0.500. The van der Waals surface area contributed by atoms with Crippen molar-refractivity contribution in [1.82, 2.24) is 9.55 Å². The molecule has 0 saturated carbocycles. The van der Waals surface area contributed by atoms with Gasteiger partial charge in [-0.3, -0.25) is 0 Å². The number of aromatic nitrogens is 2. The van der Waals surface area contributed by atoms with Crippen LogP contribution < -0.4 is 0 Å². The minimum atomic E-state index is -0.939. The molecule has 1 unspecified atom stereocenters. The first kappa shape index (κ1) is 15.5. The van der Waals surface area contributed by atoms with Gasteiger partial charge in [0.15, 0.2) is 0 Å². The molecular formula is C16H22N2O3. The minimum absolute atomic E-state index is 0.136. The van der Waals surface area contributed by atoms with Crippen molar-refractivity contribution < 1.29 is 15.0 Å². The van der Waals surface area contributed by atoms with Crippen LogP contribution in [0, 0.1) is 0 Å². The molecule has 2 aromatic rings. The number of benzene rings is 1. The first-order valence-corrected chi connectivity index (χ1v) is 7.47. The van der Waals surface area contributed by atoms with Crippen LogP contribution in [0.3, 0.4) is 0 Å². The number of carbonyl (C=O) groups is 1. The Morgan fingerprint density at radius 1 is 1.38 bits per heavy atom. The number of aromatic carboxylic acids is 1. The molecule has 5 nitrogen and oxygen atoms in total. The van der Waals surface area contributed by atoms with Crippen molar-refractivity contribution in [2.75, 3.05) is 6.61 Å². The number of hydrogen-bond donors (Lipinski definition) is 2. The molecular weight excluding hydrogens is 268 g/mol. The summed E-state index contributed by atoms with van der Waals surface area (Å²) in [5.41, 5.74) is 1.92. The van der Waals surface area contributed by atoms with Crippen LogP contribution in [-0.4, -0.2) is 32.3 Å². The van der Waals surface area contributed by atoms with Crippen LogP contribution in [0.15, 0.2) is 18.2 Å². The standard InChI is InChI=1S/C16H22N2O3/c1-3-5-15-17-13-10-11(16(20)21)6-7-14(13)18(15)12(4-2)8-9-19/h6-7,10,12,19H,3-5,8-9H2,1-2H3,(H,20,21). The first-order valence-electron chi connectivity index (χ1n) is 7.47. The Morgan fingerprint density at radius 3 is 2.71 bits per heavy atom. The molecule has 21 heavy (non-hydrogen) atoms. The predicted molar refractivity (Wildman–Crippen MR) is 81.7 cm³/mol. The molecule has 0 aliphatic rings. The Hall–Kier alpha value is -1.88. The normalized spacial score (nSPS) is 12.7. The van der Waals surface area contributed by atoms with Gasteiger partial charge in [0.2, 0.25) is 0 Å². The lowest BCUT2D eigenvalue weighted by atomic mass is 10.1. The predicted octanol–water partition coefficient (Wildman–Crippen LogP) is 3.02. The van der Waals surface area contributed by atoms with Gasteiger partial charge >= 0.3 is 5.97 Å². The Balaban J connectivity index is 2.59. The number of fused-ring (bicyclic) bond motifs is 1. The first-order chi connectivity index (χ1) is 10.1. The number of nitrogens with zero attached hydrogens (tertiary/aromatic N) is 2. The Bertz CT molecular complexity index is 634. The highest BCUT2D eigenvalue weighted by molar-refractivity contribution is 5.92. The molecule has 0 amide bonds. The van der Waals surface area contributed by atoms with Gasteiger partial charge in [-0.05, 0) is 37.5 Å². The lowest BCUT2D eigenvalue weighted by Crippen LogP contribution is -2.13. The van der Waals surface area contributed by atoms with E-state index in [1.54, 1.807) is 12.1 Å². The lowest BCUT2D eigenvalue weighted by molar-refractivity contribution is 0.0697. The minimum Gasteiger partial charge on any atom is -0.478 e. The number of hydrogen-bond acceptors (Lipinski definition) is 3. The Kier molecular flexibility index (Phi) is 4.96. The number of imidazole rings is 1. The highest BCUT2D eigenvalue weighted by atomic mass is 16.4. The van der Waals surface area contributed by atoms with Gasteiger partial charge < -0.3 is 14.8 Å². The smallest absolute Gasteiger partial charge is 0.335 e. The maximum Gasteiger partial charge on any atom is 0.335 e. The molecule has 1 aromatic carbocycles. The monoisotopic (exact) mass is 290 g/mol. The zero-order valence-corrected chi connectivity index (χ0v) is 12.5. The van der Waals surface area contributed by atoms with E-state index in [0.717, 1.165) is 36.1 Å². The van der Waals surface area contributed by atoms with Crippen molar-refractivity contribution in [3.8, 4) is 0 Å². The lowest BCUT2D eigenvalue weighted by Gasteiger charge is -2.19. The van der Waals surface area contributed by atoms with Gasteiger partial charge in [-0.25, -0.2) is 9.78 Å². The summed E-state index contributed by atoms with van der Waals surface area (Å²) in [4.78, 5) is 15.7. The van der Waals surface area contributed by atoms with Gasteiger partial charge in [0, 0.05) is 19.1 Å². The summed E-state index contributed by atoms with van der Waals surface area (Å²) >= 11 is 0. The van der Waals surface area contributed by atoms with Crippen molar-refractivity contribution in [2.24, 2.45) is 0 Å². The summed E-state index contributed by atoms with van der Waals surface area (Å²) in [6.07, 6.45) is 3.41. The van der Waals surface area contributed by atoms with Gasteiger partial charge in [0.05, 0.1) is 16.6 Å². The van der Waals surface area contributed by atoms with Gasteiger partial charge in [-0.1, -0.05) is 13.8 Å². The second-order valence-corrected chi connectivity index (χ2v) is 5.23. The fourth-order valence-electron chi connectivity index (χ4n) is 2.75. The SMILES string of the molecule is CCCc1nc2cc(C(=O)O)ccc2n1C(CC)CCO. The second-order valence-electron chi connectivity index (χ2n) is 5.23. The maximum atomic E-state index is 11.1. The quantitative estimate of drug-likeness (QED) is 0.822. The van der Waals surface area contributed by atoms with E-state index >= 15 is 0 Å². The highest BCUT2D eigenvalue weighted by Crippen LogP contribution is 2.27. The zero-order valence-electron chi connectivity index (χ0n) is 12.5. The fourth-order valence-corrected chi connectivity index (χ4v) is 2.75. The molecule has 0 aliphatic carbocycles. The molecule has 2 rings (SSSR count). The molecule has 0 radical (unpaired) electrons. The van der Waals surface area contributed by atoms with E-state index in [0.29, 0.717) is 6.42 Å². The van der Waals surface area contributed by atoms with Gasteiger partial charge in [0.25, 0.3) is 0 Å². The number of aliphatic hydroxyl groups is 1. The van der Waals surface area contributed by atoms with E-state index in [1.807, 2.05) is 6.07 Å². The number of aryl methyl sites for hydroxylation is 1. The molecule has 1 atom stereocenters. The van der Waals surface area contributed by atoms with Crippen LogP contribution in [0.5, 0.6) is 0 Å².